The van der Waals surface area contributed by atoms with Crippen LogP contribution in [0.3, 0.4) is 0 Å². The van der Waals surface area contributed by atoms with E-state index in [1.807, 2.05) is 6.92 Å². The van der Waals surface area contributed by atoms with Gasteiger partial charge in [-0.25, -0.2) is 0 Å². The number of hydrogen-bond acceptors (Lipinski definition) is 4. The van der Waals surface area contributed by atoms with Crippen LogP contribution in [0.4, 0.5) is 5.88 Å². The van der Waals surface area contributed by atoms with Crippen molar-refractivity contribution in [3.8, 4) is 0 Å². The number of rotatable bonds is 1. The fourth-order valence-corrected chi connectivity index (χ4v) is 1.99. The second-order valence-electron chi connectivity index (χ2n) is 3.59. The zero-order chi connectivity index (χ0) is 9.26. The number of aromatic nitrogens is 1. The Hall–Kier alpha value is -1.03. The van der Waals surface area contributed by atoms with Gasteiger partial charge < -0.3 is 15.6 Å². The summed E-state index contributed by atoms with van der Waals surface area (Å²) in [4.78, 5) is 0. The summed E-state index contributed by atoms with van der Waals surface area (Å²) in [6, 6.07) is 0. The molecule has 1 atom stereocenters. The highest BCUT2D eigenvalue weighted by Crippen LogP contribution is 2.30. The van der Waals surface area contributed by atoms with Gasteiger partial charge >= 0.3 is 0 Å². The minimum Gasteiger partial charge on any atom is -0.367 e. The molecule has 1 unspecified atom stereocenters. The third kappa shape index (κ3) is 1.54. The lowest BCUT2D eigenvalue weighted by Crippen LogP contribution is -2.28. The fraction of sp³-hybridized carbons (Fsp3) is 0.667. The first kappa shape index (κ1) is 8.56. The van der Waals surface area contributed by atoms with Gasteiger partial charge in [0.2, 0.25) is 5.88 Å². The normalized spacial score (nSPS) is 23.3. The highest BCUT2D eigenvalue weighted by atomic mass is 16.5. The monoisotopic (exact) mass is 181 g/mol. The van der Waals surface area contributed by atoms with Crippen LogP contribution in [0.25, 0.3) is 0 Å². The average Bonchev–Trinajstić information content (AvgIpc) is 2.48. The van der Waals surface area contributed by atoms with Crippen LogP contribution >= 0.6 is 0 Å². The summed E-state index contributed by atoms with van der Waals surface area (Å²) in [7, 11) is 0. The van der Waals surface area contributed by atoms with Gasteiger partial charge in [0.15, 0.2) is 0 Å². The van der Waals surface area contributed by atoms with Crippen molar-refractivity contribution in [3.05, 3.63) is 11.3 Å². The first-order valence-corrected chi connectivity index (χ1v) is 4.71. The molecule has 1 aromatic rings. The first-order chi connectivity index (χ1) is 6.29. The molecule has 0 aliphatic carbocycles. The van der Waals surface area contributed by atoms with Crippen molar-refractivity contribution in [1.29, 1.82) is 0 Å². The molecule has 0 spiro atoms. The molecule has 0 aromatic carbocycles. The van der Waals surface area contributed by atoms with Crippen molar-refractivity contribution in [3.63, 3.8) is 0 Å². The third-order valence-electron chi connectivity index (χ3n) is 2.64. The third-order valence-corrected chi connectivity index (χ3v) is 2.64. The summed E-state index contributed by atoms with van der Waals surface area (Å²) in [6.45, 7) is 4.05. The van der Waals surface area contributed by atoms with Crippen LogP contribution in [0.1, 0.15) is 30.0 Å². The number of nitrogens with two attached hydrogens (primary N) is 1. The quantitative estimate of drug-likeness (QED) is 0.679. The van der Waals surface area contributed by atoms with E-state index in [-0.39, 0.29) is 0 Å². The second-order valence-corrected chi connectivity index (χ2v) is 3.59. The predicted octanol–water partition coefficient (Wildman–Crippen LogP) is 1.03. The smallest absolute Gasteiger partial charge is 0.225 e. The summed E-state index contributed by atoms with van der Waals surface area (Å²) < 4.78 is 4.95. The molecule has 1 aliphatic heterocycles. The van der Waals surface area contributed by atoms with Crippen molar-refractivity contribution in [1.82, 2.24) is 10.5 Å². The molecule has 0 saturated carbocycles. The zero-order valence-corrected chi connectivity index (χ0v) is 7.84. The maximum atomic E-state index is 5.72. The predicted molar refractivity (Wildman–Crippen MR) is 50.5 cm³/mol. The van der Waals surface area contributed by atoms with E-state index in [4.69, 9.17) is 10.3 Å². The SMILES string of the molecule is Cc1noc(N)c1C1CCCNC1. The molecular weight excluding hydrogens is 166 g/mol. The van der Waals surface area contributed by atoms with Gasteiger partial charge in [0.05, 0.1) is 5.69 Å². The van der Waals surface area contributed by atoms with Gasteiger partial charge in [0, 0.05) is 18.0 Å². The number of nitrogens with zero attached hydrogens (tertiary/aromatic N) is 1. The maximum Gasteiger partial charge on any atom is 0.225 e. The minimum atomic E-state index is 0.486. The molecule has 0 radical (unpaired) electrons. The molecule has 1 aromatic heterocycles. The number of piperidine rings is 1. The topological polar surface area (TPSA) is 64.1 Å². The molecule has 0 bridgehead atoms. The van der Waals surface area contributed by atoms with Gasteiger partial charge in [-0.15, -0.1) is 0 Å². The summed E-state index contributed by atoms with van der Waals surface area (Å²) >= 11 is 0. The maximum absolute atomic E-state index is 5.72. The lowest BCUT2D eigenvalue weighted by atomic mass is 9.92. The van der Waals surface area contributed by atoms with Crippen molar-refractivity contribution >= 4 is 5.88 Å². The molecule has 1 fully saturated rings. The first-order valence-electron chi connectivity index (χ1n) is 4.71. The van der Waals surface area contributed by atoms with Crippen LogP contribution in [0, 0.1) is 6.92 Å². The Labute approximate surface area is 77.5 Å². The van der Waals surface area contributed by atoms with Crippen LogP contribution in [0.2, 0.25) is 0 Å². The van der Waals surface area contributed by atoms with Crippen LogP contribution < -0.4 is 11.1 Å². The van der Waals surface area contributed by atoms with Crippen LogP contribution in [0.15, 0.2) is 4.52 Å². The molecule has 0 amide bonds. The Morgan fingerprint density at radius 2 is 2.46 bits per heavy atom. The molecular formula is C9H15N3O. The zero-order valence-electron chi connectivity index (χ0n) is 7.84. The van der Waals surface area contributed by atoms with Gasteiger partial charge in [-0.2, -0.15) is 0 Å². The summed E-state index contributed by atoms with van der Waals surface area (Å²) in [5.74, 6) is 0.978. The Morgan fingerprint density at radius 1 is 1.62 bits per heavy atom. The van der Waals surface area contributed by atoms with Gasteiger partial charge in [0.25, 0.3) is 0 Å². The average molecular weight is 181 g/mol. The highest BCUT2D eigenvalue weighted by molar-refractivity contribution is 5.41. The number of aryl methyl sites for hydroxylation is 1. The number of hydrogen-bond donors (Lipinski definition) is 2. The minimum absolute atomic E-state index is 0.486. The molecule has 4 heteroatoms. The summed E-state index contributed by atoms with van der Waals surface area (Å²) in [5.41, 5.74) is 7.76. The molecule has 13 heavy (non-hydrogen) atoms. The molecule has 1 saturated heterocycles. The lowest BCUT2D eigenvalue weighted by molar-refractivity contribution is 0.428. The van der Waals surface area contributed by atoms with E-state index in [0.29, 0.717) is 11.8 Å². The van der Waals surface area contributed by atoms with Crippen LogP contribution in [0.5, 0.6) is 0 Å². The molecule has 3 N–H and O–H groups in total. The highest BCUT2D eigenvalue weighted by Gasteiger charge is 2.22. The van der Waals surface area contributed by atoms with Crippen LogP contribution in [-0.2, 0) is 0 Å². The Morgan fingerprint density at radius 3 is 3.00 bits per heavy atom. The second kappa shape index (κ2) is 3.38. The molecule has 2 rings (SSSR count). The Kier molecular flexibility index (Phi) is 2.22. The lowest BCUT2D eigenvalue weighted by Gasteiger charge is -2.22. The van der Waals surface area contributed by atoms with Gasteiger partial charge in [-0.05, 0) is 26.3 Å². The number of nitrogens with one attached hydrogen (secondary N) is 1. The van der Waals surface area contributed by atoms with Gasteiger partial charge in [-0.3, -0.25) is 0 Å². The molecule has 1 aliphatic rings. The van der Waals surface area contributed by atoms with E-state index in [1.165, 1.54) is 12.8 Å². The standard InChI is InChI=1S/C9H15N3O/c1-6-8(9(10)13-12-6)7-3-2-4-11-5-7/h7,11H,2-5,10H2,1H3. The molecule has 2 heterocycles. The van der Waals surface area contributed by atoms with Gasteiger partial charge in [0.1, 0.15) is 0 Å². The van der Waals surface area contributed by atoms with Gasteiger partial charge in [-0.1, -0.05) is 5.16 Å². The van der Waals surface area contributed by atoms with E-state index in [9.17, 15) is 0 Å². The summed E-state index contributed by atoms with van der Waals surface area (Å²) in [6.07, 6.45) is 2.38. The molecule has 4 nitrogen and oxygen atoms in total. The van der Waals surface area contributed by atoms with Crippen LogP contribution in [-0.4, -0.2) is 18.2 Å². The largest absolute Gasteiger partial charge is 0.367 e. The van der Waals surface area contributed by atoms with E-state index in [0.717, 1.165) is 24.3 Å². The van der Waals surface area contributed by atoms with E-state index >= 15 is 0 Å². The van der Waals surface area contributed by atoms with Crippen molar-refractivity contribution in [2.75, 3.05) is 18.8 Å². The van der Waals surface area contributed by atoms with Crippen molar-refractivity contribution in [2.24, 2.45) is 0 Å². The number of anilines is 1. The van der Waals surface area contributed by atoms with E-state index < -0.39 is 0 Å². The van der Waals surface area contributed by atoms with E-state index in [1.54, 1.807) is 0 Å². The van der Waals surface area contributed by atoms with Crippen molar-refractivity contribution in [2.45, 2.75) is 25.7 Å². The Balaban J connectivity index is 2.22. The Bertz CT molecular complexity index is 270. The molecule has 72 valence electrons. The van der Waals surface area contributed by atoms with Crippen molar-refractivity contribution < 1.29 is 4.52 Å². The fourth-order valence-electron chi connectivity index (χ4n) is 1.99. The van der Waals surface area contributed by atoms with E-state index in [2.05, 4.69) is 10.5 Å². The summed E-state index contributed by atoms with van der Waals surface area (Å²) in [5, 5.41) is 7.22. The number of nitrogen functional groups attached to an aromatic ring is 1.